The van der Waals surface area contributed by atoms with Crippen molar-refractivity contribution in [1.29, 1.82) is 0 Å². The minimum atomic E-state index is -0.201. The van der Waals surface area contributed by atoms with E-state index in [1.165, 1.54) is 12.5 Å². The summed E-state index contributed by atoms with van der Waals surface area (Å²) >= 11 is 0. The molecule has 0 spiro atoms. The SMILES string of the molecule is CC(=O)OCC12CC=C(C)C(C(C)OC1)[C@H]2C. The van der Waals surface area contributed by atoms with Crippen molar-refractivity contribution < 1.29 is 14.3 Å². The van der Waals surface area contributed by atoms with Crippen molar-refractivity contribution in [2.45, 2.75) is 40.2 Å². The maximum absolute atomic E-state index is 11.0. The van der Waals surface area contributed by atoms with Gasteiger partial charge >= 0.3 is 5.97 Å². The van der Waals surface area contributed by atoms with Gasteiger partial charge in [0.2, 0.25) is 0 Å². The molecule has 1 heterocycles. The van der Waals surface area contributed by atoms with Crippen LogP contribution in [0.1, 0.15) is 34.1 Å². The van der Waals surface area contributed by atoms with Crippen LogP contribution in [0.4, 0.5) is 0 Å². The molecule has 0 N–H and O–H groups in total. The Morgan fingerprint density at radius 3 is 2.94 bits per heavy atom. The van der Waals surface area contributed by atoms with E-state index in [1.807, 2.05) is 0 Å². The first kappa shape index (κ1) is 12.6. The summed E-state index contributed by atoms with van der Waals surface area (Å²) in [7, 11) is 0. The topological polar surface area (TPSA) is 35.5 Å². The minimum Gasteiger partial charge on any atom is -0.465 e. The summed E-state index contributed by atoms with van der Waals surface area (Å²) in [5, 5.41) is 0. The van der Waals surface area contributed by atoms with Gasteiger partial charge in [0.15, 0.2) is 0 Å². The van der Waals surface area contributed by atoms with Crippen LogP contribution in [0.3, 0.4) is 0 Å². The second-order valence-corrected chi connectivity index (χ2v) is 5.63. The van der Waals surface area contributed by atoms with Crippen LogP contribution in [0.2, 0.25) is 0 Å². The van der Waals surface area contributed by atoms with Crippen LogP contribution < -0.4 is 0 Å². The Hall–Kier alpha value is -0.830. The predicted molar refractivity (Wildman–Crippen MR) is 65.5 cm³/mol. The van der Waals surface area contributed by atoms with Crippen LogP contribution in [0.15, 0.2) is 11.6 Å². The number of carbonyl (C=O) groups is 1. The van der Waals surface area contributed by atoms with E-state index in [2.05, 4.69) is 26.8 Å². The average molecular weight is 238 g/mol. The van der Waals surface area contributed by atoms with Crippen molar-refractivity contribution >= 4 is 5.97 Å². The molecule has 2 rings (SSSR count). The molecule has 1 aliphatic heterocycles. The third-order valence-electron chi connectivity index (χ3n) is 4.56. The van der Waals surface area contributed by atoms with Gasteiger partial charge in [0, 0.05) is 18.3 Å². The van der Waals surface area contributed by atoms with Gasteiger partial charge in [-0.1, -0.05) is 18.6 Å². The van der Waals surface area contributed by atoms with Gasteiger partial charge in [-0.25, -0.2) is 0 Å². The number of esters is 1. The molecule has 3 heteroatoms. The van der Waals surface area contributed by atoms with Crippen LogP contribution in [-0.4, -0.2) is 25.3 Å². The van der Waals surface area contributed by atoms with Crippen molar-refractivity contribution in [3.8, 4) is 0 Å². The molecule has 1 saturated heterocycles. The Morgan fingerprint density at radius 2 is 2.29 bits per heavy atom. The molecule has 96 valence electrons. The van der Waals surface area contributed by atoms with Gasteiger partial charge in [0.05, 0.1) is 19.3 Å². The summed E-state index contributed by atoms with van der Waals surface area (Å²) in [5.74, 6) is 0.775. The zero-order valence-corrected chi connectivity index (χ0v) is 11.2. The van der Waals surface area contributed by atoms with Crippen LogP contribution in [0, 0.1) is 17.3 Å². The van der Waals surface area contributed by atoms with Crippen molar-refractivity contribution in [2.75, 3.05) is 13.2 Å². The molecule has 2 bridgehead atoms. The number of rotatable bonds is 2. The van der Waals surface area contributed by atoms with Gasteiger partial charge < -0.3 is 9.47 Å². The molecule has 17 heavy (non-hydrogen) atoms. The highest BCUT2D eigenvalue weighted by molar-refractivity contribution is 5.65. The molecule has 0 radical (unpaired) electrons. The minimum absolute atomic E-state index is 0.0116. The molecule has 0 aromatic carbocycles. The second-order valence-electron chi connectivity index (χ2n) is 5.63. The summed E-state index contributed by atoms with van der Waals surface area (Å²) in [6.45, 7) is 9.24. The molecule has 1 aliphatic carbocycles. The normalized spacial score (nSPS) is 40.7. The van der Waals surface area contributed by atoms with Crippen LogP contribution in [0.25, 0.3) is 0 Å². The maximum atomic E-state index is 11.0. The monoisotopic (exact) mass is 238 g/mol. The number of carbonyl (C=O) groups excluding carboxylic acids is 1. The lowest BCUT2D eigenvalue weighted by atomic mass is 9.60. The van der Waals surface area contributed by atoms with E-state index in [1.54, 1.807) is 0 Å². The fraction of sp³-hybridized carbons (Fsp3) is 0.786. The third-order valence-corrected chi connectivity index (χ3v) is 4.56. The maximum Gasteiger partial charge on any atom is 0.302 e. The quantitative estimate of drug-likeness (QED) is 0.548. The Balaban J connectivity index is 2.21. The molecule has 2 aliphatic rings. The number of hydrogen-bond acceptors (Lipinski definition) is 3. The van der Waals surface area contributed by atoms with E-state index in [4.69, 9.17) is 9.47 Å². The van der Waals surface area contributed by atoms with Gasteiger partial charge in [-0.15, -0.1) is 0 Å². The van der Waals surface area contributed by atoms with Crippen molar-refractivity contribution in [1.82, 2.24) is 0 Å². The summed E-state index contributed by atoms with van der Waals surface area (Å²) in [4.78, 5) is 11.0. The van der Waals surface area contributed by atoms with Crippen molar-refractivity contribution in [3.05, 3.63) is 11.6 Å². The van der Waals surface area contributed by atoms with E-state index in [0.29, 0.717) is 25.0 Å². The average Bonchev–Trinajstić information content (AvgIpc) is 2.26. The first-order chi connectivity index (χ1) is 7.96. The second kappa shape index (κ2) is 4.45. The molecule has 0 aromatic rings. The largest absolute Gasteiger partial charge is 0.465 e. The zero-order valence-electron chi connectivity index (χ0n) is 11.2. The number of fused-ring (bicyclic) bond motifs is 2. The predicted octanol–water partition coefficient (Wildman–Crippen LogP) is 2.56. The van der Waals surface area contributed by atoms with E-state index < -0.39 is 0 Å². The van der Waals surface area contributed by atoms with Gasteiger partial charge in [0.1, 0.15) is 0 Å². The standard InChI is InChI=1S/C14H22O3/c1-9-5-6-14(8-17-12(4)15)7-16-11(3)13(9)10(14)2/h5,10-11,13H,6-8H2,1-4H3/t10-,11?,13?,14?/m1/s1. The molecular formula is C14H22O3. The molecule has 0 saturated carbocycles. The van der Waals surface area contributed by atoms with Gasteiger partial charge in [-0.05, 0) is 26.2 Å². The van der Waals surface area contributed by atoms with Crippen LogP contribution >= 0.6 is 0 Å². The first-order valence-electron chi connectivity index (χ1n) is 6.38. The zero-order chi connectivity index (χ0) is 12.6. The highest BCUT2D eigenvalue weighted by atomic mass is 16.5. The van der Waals surface area contributed by atoms with Gasteiger partial charge in [0.25, 0.3) is 0 Å². The highest BCUT2D eigenvalue weighted by Crippen LogP contribution is 2.49. The van der Waals surface area contributed by atoms with E-state index >= 15 is 0 Å². The van der Waals surface area contributed by atoms with Crippen LogP contribution in [0.5, 0.6) is 0 Å². The van der Waals surface area contributed by atoms with Crippen molar-refractivity contribution in [3.63, 3.8) is 0 Å². The number of ether oxygens (including phenoxy) is 2. The van der Waals surface area contributed by atoms with Crippen LogP contribution in [-0.2, 0) is 14.3 Å². The molecule has 3 nitrogen and oxygen atoms in total. The summed E-state index contributed by atoms with van der Waals surface area (Å²) in [5.41, 5.74) is 1.41. The first-order valence-corrected chi connectivity index (χ1v) is 6.38. The molecule has 0 amide bonds. The fourth-order valence-corrected chi connectivity index (χ4v) is 3.31. The van der Waals surface area contributed by atoms with E-state index in [9.17, 15) is 4.79 Å². The molecule has 3 unspecified atom stereocenters. The summed E-state index contributed by atoms with van der Waals surface area (Å²) < 4.78 is 11.1. The third kappa shape index (κ3) is 2.13. The van der Waals surface area contributed by atoms with E-state index in [-0.39, 0.29) is 17.5 Å². The smallest absolute Gasteiger partial charge is 0.302 e. The lowest BCUT2D eigenvalue weighted by Gasteiger charge is -2.51. The van der Waals surface area contributed by atoms with Gasteiger partial charge in [-0.2, -0.15) is 0 Å². The highest BCUT2D eigenvalue weighted by Gasteiger charge is 2.49. The summed E-state index contributed by atoms with van der Waals surface area (Å²) in [6, 6.07) is 0. The molecule has 1 fully saturated rings. The Morgan fingerprint density at radius 1 is 1.59 bits per heavy atom. The Bertz CT molecular complexity index is 347. The van der Waals surface area contributed by atoms with E-state index in [0.717, 1.165) is 6.42 Å². The Labute approximate surface area is 103 Å². The number of hydrogen-bond donors (Lipinski definition) is 0. The summed E-state index contributed by atoms with van der Waals surface area (Å²) in [6.07, 6.45) is 3.52. The lowest BCUT2D eigenvalue weighted by Crippen LogP contribution is -2.52. The molecule has 0 aromatic heterocycles. The van der Waals surface area contributed by atoms with Crippen molar-refractivity contribution in [2.24, 2.45) is 17.3 Å². The van der Waals surface area contributed by atoms with Gasteiger partial charge in [-0.3, -0.25) is 4.79 Å². The number of allylic oxidation sites excluding steroid dienone is 1. The lowest BCUT2D eigenvalue weighted by molar-refractivity contribution is -0.165. The fourth-order valence-electron chi connectivity index (χ4n) is 3.31. The Kier molecular flexibility index (Phi) is 3.30. The molecular weight excluding hydrogens is 216 g/mol. The molecule has 4 atom stereocenters.